The molecule has 2 aliphatic heterocycles. The van der Waals surface area contributed by atoms with Gasteiger partial charge in [0.15, 0.2) is 0 Å². The summed E-state index contributed by atoms with van der Waals surface area (Å²) in [4.78, 5) is 15.7. The van der Waals surface area contributed by atoms with Crippen molar-refractivity contribution in [1.29, 1.82) is 0 Å². The predicted molar refractivity (Wildman–Crippen MR) is 141 cm³/mol. The van der Waals surface area contributed by atoms with E-state index in [1.165, 1.54) is 11.6 Å². The number of fused-ring (bicyclic) bond motifs is 1. The monoisotopic (exact) mass is 471 g/mol. The number of hydrogen-bond acceptors (Lipinski definition) is 3. The van der Waals surface area contributed by atoms with Crippen LogP contribution >= 0.6 is 0 Å². The van der Waals surface area contributed by atoms with E-state index in [0.29, 0.717) is 18.7 Å². The summed E-state index contributed by atoms with van der Waals surface area (Å²) in [6.45, 7) is 16.8. The van der Waals surface area contributed by atoms with Crippen molar-refractivity contribution in [3.05, 3.63) is 107 Å². The molecule has 182 valence electrons. The van der Waals surface area contributed by atoms with Crippen LogP contribution in [0.15, 0.2) is 100 Å². The molecule has 1 aromatic carbocycles. The summed E-state index contributed by atoms with van der Waals surface area (Å²) in [5.74, 6) is -0.535. The lowest BCUT2D eigenvalue weighted by Crippen LogP contribution is -2.58. The fourth-order valence-electron chi connectivity index (χ4n) is 5.08. The maximum atomic E-state index is 14.5. The van der Waals surface area contributed by atoms with Gasteiger partial charge in [0.2, 0.25) is 0 Å². The minimum Gasteiger partial charge on any atom is -0.333 e. The summed E-state index contributed by atoms with van der Waals surface area (Å²) in [7, 11) is 0. The molecule has 2 unspecified atom stereocenters. The van der Waals surface area contributed by atoms with Crippen LogP contribution in [0.5, 0.6) is 0 Å². The van der Waals surface area contributed by atoms with Crippen LogP contribution in [0.25, 0.3) is 0 Å². The number of halogens is 1. The molecule has 1 saturated heterocycles. The second-order valence-corrected chi connectivity index (χ2v) is 10.0. The first-order valence-corrected chi connectivity index (χ1v) is 12.2. The number of amides is 1. The molecule has 0 aromatic heterocycles. The fourth-order valence-corrected chi connectivity index (χ4v) is 5.08. The van der Waals surface area contributed by atoms with Crippen LogP contribution in [-0.4, -0.2) is 40.7 Å². The molecular formula is C30H34FN3O. The Bertz CT molecular complexity index is 1210. The number of allylic oxidation sites excluding steroid dienone is 8. The molecule has 35 heavy (non-hydrogen) atoms. The molecule has 0 spiro atoms. The molecule has 0 saturated carbocycles. The van der Waals surface area contributed by atoms with Crippen molar-refractivity contribution in [2.75, 3.05) is 6.54 Å². The predicted octanol–water partition coefficient (Wildman–Crippen LogP) is 6.44. The third-order valence-electron chi connectivity index (χ3n) is 6.73. The van der Waals surface area contributed by atoms with Crippen LogP contribution in [0.4, 0.5) is 4.39 Å². The van der Waals surface area contributed by atoms with E-state index in [4.69, 9.17) is 5.10 Å². The van der Waals surface area contributed by atoms with Crippen molar-refractivity contribution in [1.82, 2.24) is 9.91 Å². The highest BCUT2D eigenvalue weighted by Gasteiger charge is 2.44. The highest BCUT2D eigenvalue weighted by molar-refractivity contribution is 6.00. The highest BCUT2D eigenvalue weighted by Crippen LogP contribution is 2.41. The van der Waals surface area contributed by atoms with Crippen molar-refractivity contribution in [3.8, 4) is 0 Å². The second-order valence-electron chi connectivity index (χ2n) is 10.0. The summed E-state index contributed by atoms with van der Waals surface area (Å²) >= 11 is 0. The van der Waals surface area contributed by atoms with Gasteiger partial charge in [0, 0.05) is 18.5 Å². The molecule has 2 heterocycles. The number of carbonyl (C=O) groups excluding carboxylic acids is 1. The zero-order valence-corrected chi connectivity index (χ0v) is 21.1. The Morgan fingerprint density at radius 2 is 2.09 bits per heavy atom. The first-order valence-electron chi connectivity index (χ1n) is 12.2. The van der Waals surface area contributed by atoms with Crippen molar-refractivity contribution in [2.24, 2.45) is 5.10 Å². The molecule has 0 radical (unpaired) electrons. The smallest absolute Gasteiger partial charge is 0.272 e. The van der Waals surface area contributed by atoms with E-state index in [1.54, 1.807) is 18.3 Å². The molecule has 5 heteroatoms. The Balaban J connectivity index is 1.94. The van der Waals surface area contributed by atoms with Gasteiger partial charge >= 0.3 is 0 Å². The van der Waals surface area contributed by atoms with Crippen LogP contribution < -0.4 is 0 Å². The third-order valence-corrected chi connectivity index (χ3v) is 6.73. The van der Waals surface area contributed by atoms with Crippen molar-refractivity contribution in [3.63, 3.8) is 0 Å². The largest absolute Gasteiger partial charge is 0.333 e. The molecule has 1 aliphatic carbocycles. The van der Waals surface area contributed by atoms with Gasteiger partial charge in [0.25, 0.3) is 5.91 Å². The highest BCUT2D eigenvalue weighted by atomic mass is 19.1. The molecule has 3 aliphatic rings. The van der Waals surface area contributed by atoms with Crippen molar-refractivity contribution < 1.29 is 9.18 Å². The molecule has 4 nitrogen and oxygen atoms in total. The van der Waals surface area contributed by atoms with E-state index in [-0.39, 0.29) is 29.7 Å². The number of benzene rings is 1. The molecule has 0 N–H and O–H groups in total. The first kappa shape index (κ1) is 24.6. The van der Waals surface area contributed by atoms with Crippen LogP contribution in [0.2, 0.25) is 0 Å². The van der Waals surface area contributed by atoms with Crippen LogP contribution in [0.1, 0.15) is 52.0 Å². The summed E-state index contributed by atoms with van der Waals surface area (Å²) in [6.07, 6.45) is 11.6. The number of rotatable bonds is 6. The van der Waals surface area contributed by atoms with Crippen LogP contribution in [-0.2, 0) is 4.79 Å². The van der Waals surface area contributed by atoms with Crippen LogP contribution in [0, 0.1) is 5.82 Å². The summed E-state index contributed by atoms with van der Waals surface area (Å²) < 4.78 is 14.5. The Hall–Kier alpha value is -3.47. The Labute approximate surface area is 208 Å². The van der Waals surface area contributed by atoms with Gasteiger partial charge in [-0.05, 0) is 75.0 Å². The molecule has 2 atom stereocenters. The molecule has 1 amide bonds. The topological polar surface area (TPSA) is 35.9 Å². The Morgan fingerprint density at radius 3 is 2.77 bits per heavy atom. The van der Waals surface area contributed by atoms with Gasteiger partial charge in [0.1, 0.15) is 11.5 Å². The lowest BCUT2D eigenvalue weighted by Gasteiger charge is -2.47. The molecule has 0 bridgehead atoms. The normalized spacial score (nSPS) is 21.1. The fraction of sp³-hybridized carbons (Fsp3) is 0.333. The van der Waals surface area contributed by atoms with Gasteiger partial charge in [-0.25, -0.2) is 4.39 Å². The van der Waals surface area contributed by atoms with Crippen molar-refractivity contribution in [2.45, 2.75) is 58.5 Å². The summed E-state index contributed by atoms with van der Waals surface area (Å²) in [5, 5.41) is 6.60. The van der Waals surface area contributed by atoms with E-state index in [2.05, 4.69) is 44.4 Å². The summed E-state index contributed by atoms with van der Waals surface area (Å²) in [6, 6.07) is 6.56. The molecule has 4 rings (SSSR count). The quantitative estimate of drug-likeness (QED) is 0.448. The SMILES string of the molecule is C=C(C)CC1=C2C(=O)N(C(C)C)CC(C(C3=CC=CCC(C)=C3)c3cccc(F)c3)N2N=CC1=C. The van der Waals surface area contributed by atoms with Gasteiger partial charge in [-0.3, -0.25) is 9.80 Å². The number of nitrogens with zero attached hydrogens (tertiary/aromatic N) is 3. The van der Waals surface area contributed by atoms with Gasteiger partial charge < -0.3 is 4.90 Å². The molecular weight excluding hydrogens is 437 g/mol. The summed E-state index contributed by atoms with van der Waals surface area (Å²) in [5.41, 5.74) is 6.25. The maximum absolute atomic E-state index is 14.5. The standard InChI is InChI=1S/C30H34FN3O/c1-19(2)14-26-22(6)17-32-34-27(18-33(20(3)4)30(35)29(26)34)28(24-12-9-13-25(31)16-24)23-11-8-7-10-21(5)15-23/h7-9,11-13,15-17,20,27-28H,1,6,10,14,18H2,2-5H3. The van der Waals surface area contributed by atoms with E-state index < -0.39 is 0 Å². The van der Waals surface area contributed by atoms with E-state index in [0.717, 1.165) is 34.3 Å². The zero-order valence-electron chi connectivity index (χ0n) is 21.1. The van der Waals surface area contributed by atoms with E-state index in [1.807, 2.05) is 36.7 Å². The number of carbonyl (C=O) groups is 1. The van der Waals surface area contributed by atoms with Gasteiger partial charge in [0.05, 0.1) is 12.3 Å². The van der Waals surface area contributed by atoms with Crippen molar-refractivity contribution >= 4 is 12.1 Å². The average molecular weight is 472 g/mol. The van der Waals surface area contributed by atoms with Gasteiger partial charge in [-0.1, -0.05) is 60.7 Å². The molecule has 1 aromatic rings. The Morgan fingerprint density at radius 1 is 1.31 bits per heavy atom. The van der Waals surface area contributed by atoms with Gasteiger partial charge in [-0.2, -0.15) is 5.10 Å². The maximum Gasteiger partial charge on any atom is 0.272 e. The van der Waals surface area contributed by atoms with Gasteiger partial charge in [-0.15, -0.1) is 0 Å². The minimum absolute atomic E-state index is 0.00153. The molecule has 1 fully saturated rings. The first-order chi connectivity index (χ1) is 16.7. The number of piperazine rings is 1. The number of hydrazone groups is 1. The number of hydrogen-bond donors (Lipinski definition) is 0. The Kier molecular flexibility index (Phi) is 7.06. The van der Waals surface area contributed by atoms with E-state index >= 15 is 0 Å². The zero-order chi connectivity index (χ0) is 25.3. The minimum atomic E-state index is -0.278. The lowest BCUT2D eigenvalue weighted by molar-refractivity contribution is -0.135. The third kappa shape index (κ3) is 5.00. The van der Waals surface area contributed by atoms with E-state index in [9.17, 15) is 9.18 Å². The van der Waals surface area contributed by atoms with Crippen LogP contribution in [0.3, 0.4) is 0 Å². The second kappa shape index (κ2) is 10.0. The average Bonchev–Trinajstić information content (AvgIpc) is 3.00. The lowest BCUT2D eigenvalue weighted by atomic mass is 9.81.